The first kappa shape index (κ1) is 14.5. The van der Waals surface area contributed by atoms with Crippen LogP contribution in [0, 0.1) is 0 Å². The number of hydrogen-bond acceptors (Lipinski definition) is 3. The van der Waals surface area contributed by atoms with E-state index >= 15 is 0 Å². The van der Waals surface area contributed by atoms with Gasteiger partial charge in [-0.3, -0.25) is 4.57 Å². The Morgan fingerprint density at radius 1 is 1.17 bits per heavy atom. The Bertz CT molecular complexity index is 248. The molecule has 4 heteroatoms. The third-order valence-electron chi connectivity index (χ3n) is 4.30. The van der Waals surface area contributed by atoms with Gasteiger partial charge in [-0.15, -0.1) is 0 Å². The molecule has 2 aliphatic rings. The van der Waals surface area contributed by atoms with Gasteiger partial charge in [0, 0.05) is 12.7 Å². The second-order valence-corrected chi connectivity index (χ2v) is 8.69. The molecule has 2 heterocycles. The molecule has 3 nitrogen and oxygen atoms in total. The summed E-state index contributed by atoms with van der Waals surface area (Å²) >= 11 is 0. The van der Waals surface area contributed by atoms with Gasteiger partial charge in [0.2, 0.25) is 0 Å². The van der Waals surface area contributed by atoms with E-state index in [1.807, 2.05) is 0 Å². The predicted molar refractivity (Wildman–Crippen MR) is 76.4 cm³/mol. The summed E-state index contributed by atoms with van der Waals surface area (Å²) in [4.78, 5) is 0. The SMILES string of the molecule is CCO[Si]1(OC(C)CC)C2CCCCCCCN21. The van der Waals surface area contributed by atoms with Gasteiger partial charge in [0.25, 0.3) is 0 Å². The molecule has 0 N–H and O–H groups in total. The molecule has 0 amide bonds. The lowest BCUT2D eigenvalue weighted by Gasteiger charge is -2.20. The quantitative estimate of drug-likeness (QED) is 0.565. The Morgan fingerprint density at radius 3 is 2.61 bits per heavy atom. The van der Waals surface area contributed by atoms with Crippen molar-refractivity contribution in [2.24, 2.45) is 0 Å². The highest BCUT2D eigenvalue weighted by Crippen LogP contribution is 2.43. The molecule has 0 aliphatic carbocycles. The van der Waals surface area contributed by atoms with Crippen molar-refractivity contribution < 1.29 is 8.85 Å². The molecular weight excluding hydrogens is 242 g/mol. The highest BCUT2D eigenvalue weighted by Gasteiger charge is 2.70. The Morgan fingerprint density at radius 2 is 1.89 bits per heavy atom. The third-order valence-corrected chi connectivity index (χ3v) is 8.26. The molecular formula is C14H29NO2Si. The second kappa shape index (κ2) is 6.50. The summed E-state index contributed by atoms with van der Waals surface area (Å²) in [6.07, 6.45) is 9.59. The average Bonchev–Trinajstić information content (AvgIpc) is 2.90. The van der Waals surface area contributed by atoms with E-state index in [1.54, 1.807) is 0 Å². The summed E-state index contributed by atoms with van der Waals surface area (Å²) in [5, 5.41) is 0. The maximum Gasteiger partial charge on any atom is 0.445 e. The topological polar surface area (TPSA) is 21.5 Å². The van der Waals surface area contributed by atoms with Gasteiger partial charge in [-0.1, -0.05) is 32.6 Å². The van der Waals surface area contributed by atoms with E-state index in [0.29, 0.717) is 11.8 Å². The van der Waals surface area contributed by atoms with Crippen LogP contribution in [0.2, 0.25) is 0 Å². The summed E-state index contributed by atoms with van der Waals surface area (Å²) in [5.74, 6) is 0. The molecule has 4 atom stereocenters. The summed E-state index contributed by atoms with van der Waals surface area (Å²) in [5.41, 5.74) is 0.643. The lowest BCUT2D eigenvalue weighted by atomic mass is 10.1. The van der Waals surface area contributed by atoms with Crippen LogP contribution in [0.25, 0.3) is 0 Å². The van der Waals surface area contributed by atoms with Crippen LogP contribution in [-0.4, -0.2) is 38.2 Å². The largest absolute Gasteiger partial charge is 0.445 e. The van der Waals surface area contributed by atoms with Crippen molar-refractivity contribution in [2.75, 3.05) is 13.2 Å². The molecule has 0 spiro atoms. The van der Waals surface area contributed by atoms with Crippen LogP contribution < -0.4 is 0 Å². The normalized spacial score (nSPS) is 38.2. The van der Waals surface area contributed by atoms with Crippen molar-refractivity contribution in [3.8, 4) is 0 Å². The average molecular weight is 271 g/mol. The maximum atomic E-state index is 6.38. The molecule has 0 aromatic heterocycles. The van der Waals surface area contributed by atoms with Crippen LogP contribution in [0.5, 0.6) is 0 Å². The zero-order chi connectivity index (χ0) is 13.0. The highest BCUT2D eigenvalue weighted by molar-refractivity contribution is 6.76. The smallest absolute Gasteiger partial charge is 0.382 e. The first-order valence-corrected chi connectivity index (χ1v) is 9.67. The predicted octanol–water partition coefficient (Wildman–Crippen LogP) is 3.35. The Labute approximate surface area is 113 Å². The van der Waals surface area contributed by atoms with Crippen molar-refractivity contribution in [1.29, 1.82) is 0 Å². The van der Waals surface area contributed by atoms with Gasteiger partial charge in [0.05, 0.1) is 5.67 Å². The third kappa shape index (κ3) is 2.98. The molecule has 0 radical (unpaired) electrons. The molecule has 0 saturated carbocycles. The molecule has 2 saturated heterocycles. The van der Waals surface area contributed by atoms with Crippen molar-refractivity contribution >= 4 is 8.72 Å². The lowest BCUT2D eigenvalue weighted by Crippen LogP contribution is -2.38. The van der Waals surface area contributed by atoms with Gasteiger partial charge in [0.1, 0.15) is 0 Å². The van der Waals surface area contributed by atoms with Crippen molar-refractivity contribution in [3.63, 3.8) is 0 Å². The van der Waals surface area contributed by atoms with Crippen LogP contribution in [0.4, 0.5) is 0 Å². The molecule has 0 aromatic carbocycles. The first-order valence-electron chi connectivity index (χ1n) is 7.83. The van der Waals surface area contributed by atoms with Gasteiger partial charge in [-0.25, -0.2) is 0 Å². The minimum Gasteiger partial charge on any atom is -0.382 e. The fourth-order valence-electron chi connectivity index (χ4n) is 3.10. The summed E-state index contributed by atoms with van der Waals surface area (Å²) < 4.78 is 15.1. The number of hydrogen-bond donors (Lipinski definition) is 0. The Kier molecular flexibility index (Phi) is 5.24. The van der Waals surface area contributed by atoms with Crippen molar-refractivity contribution in [2.45, 2.75) is 77.5 Å². The van der Waals surface area contributed by atoms with E-state index in [2.05, 4.69) is 25.3 Å². The maximum absolute atomic E-state index is 6.38. The summed E-state index contributed by atoms with van der Waals surface area (Å²) in [6, 6.07) is 0. The van der Waals surface area contributed by atoms with E-state index in [4.69, 9.17) is 8.85 Å². The van der Waals surface area contributed by atoms with E-state index < -0.39 is 8.72 Å². The van der Waals surface area contributed by atoms with E-state index in [0.717, 1.165) is 13.0 Å². The zero-order valence-corrected chi connectivity index (χ0v) is 13.3. The van der Waals surface area contributed by atoms with Crippen molar-refractivity contribution in [1.82, 2.24) is 4.57 Å². The minimum absolute atomic E-state index is 0.346. The van der Waals surface area contributed by atoms with Crippen LogP contribution >= 0.6 is 0 Å². The number of nitrogens with zero attached hydrogens (tertiary/aromatic N) is 1. The van der Waals surface area contributed by atoms with Crippen molar-refractivity contribution in [3.05, 3.63) is 0 Å². The Hall–Kier alpha value is 0.0969. The summed E-state index contributed by atoms with van der Waals surface area (Å²) in [6.45, 7) is 8.49. The lowest BCUT2D eigenvalue weighted by molar-refractivity contribution is 0.130. The molecule has 106 valence electrons. The zero-order valence-electron chi connectivity index (χ0n) is 12.3. The fraction of sp³-hybridized carbons (Fsp3) is 1.00. The second-order valence-electron chi connectivity index (χ2n) is 5.67. The van der Waals surface area contributed by atoms with Gasteiger partial charge in [0.15, 0.2) is 0 Å². The Balaban J connectivity index is 2.01. The summed E-state index contributed by atoms with van der Waals surface area (Å²) in [7, 11) is -1.99. The first-order chi connectivity index (χ1) is 8.74. The molecule has 0 bridgehead atoms. The minimum atomic E-state index is -1.99. The molecule has 18 heavy (non-hydrogen) atoms. The van der Waals surface area contributed by atoms with Gasteiger partial charge < -0.3 is 8.85 Å². The highest BCUT2D eigenvalue weighted by atomic mass is 28.4. The van der Waals surface area contributed by atoms with Gasteiger partial charge in [-0.05, 0) is 39.7 Å². The molecule has 2 fully saturated rings. The van der Waals surface area contributed by atoms with Gasteiger partial charge >= 0.3 is 8.72 Å². The van der Waals surface area contributed by atoms with E-state index in [1.165, 1.54) is 45.1 Å². The standard InChI is InChI=1S/C14H29NO2Si/c1-4-13(3)17-18(16-5-2)14-11-9-7-6-8-10-12-15(14)18/h13-14H,4-12H2,1-3H3. The van der Waals surface area contributed by atoms with Crippen LogP contribution in [0.1, 0.15) is 65.7 Å². The van der Waals surface area contributed by atoms with Crippen LogP contribution in [0.3, 0.4) is 0 Å². The van der Waals surface area contributed by atoms with Gasteiger partial charge in [-0.2, -0.15) is 0 Å². The van der Waals surface area contributed by atoms with E-state index in [9.17, 15) is 0 Å². The molecule has 4 unspecified atom stereocenters. The fourth-order valence-corrected chi connectivity index (χ4v) is 7.31. The number of fused-ring (bicyclic) bond motifs is 1. The van der Waals surface area contributed by atoms with Crippen LogP contribution in [0.15, 0.2) is 0 Å². The monoisotopic (exact) mass is 271 g/mol. The van der Waals surface area contributed by atoms with E-state index in [-0.39, 0.29) is 0 Å². The number of rotatable bonds is 5. The molecule has 2 rings (SSSR count). The van der Waals surface area contributed by atoms with Crippen LogP contribution in [-0.2, 0) is 8.85 Å². The molecule has 2 aliphatic heterocycles. The molecule has 0 aromatic rings.